The molecule has 1 aliphatic carbocycles. The van der Waals surface area contributed by atoms with E-state index in [1.807, 2.05) is 19.1 Å². The molecule has 116 valence electrons. The van der Waals surface area contributed by atoms with Gasteiger partial charge in [0.25, 0.3) is 0 Å². The smallest absolute Gasteiger partial charge is 0.307 e. The van der Waals surface area contributed by atoms with E-state index in [-0.39, 0.29) is 4.91 Å². The number of halogens is 2. The molecule has 1 aliphatic rings. The van der Waals surface area contributed by atoms with Crippen molar-refractivity contribution in [2.45, 2.75) is 43.9 Å². The average Bonchev–Trinajstić information content (AvgIpc) is 2.56. The molecule has 0 aromatic heterocycles. The normalized spacial score (nSPS) is 23.6. The van der Waals surface area contributed by atoms with Crippen LogP contribution in [0.3, 0.4) is 0 Å². The van der Waals surface area contributed by atoms with Gasteiger partial charge in [-0.1, -0.05) is 24.6 Å². The van der Waals surface area contributed by atoms with Crippen molar-refractivity contribution in [3.63, 3.8) is 0 Å². The van der Waals surface area contributed by atoms with Gasteiger partial charge in [-0.05, 0) is 38.3 Å². The van der Waals surface area contributed by atoms with E-state index in [4.69, 9.17) is 4.74 Å². The zero-order valence-corrected chi connectivity index (χ0v) is 13.3. The van der Waals surface area contributed by atoms with Gasteiger partial charge in [0.15, 0.2) is 5.76 Å². The minimum atomic E-state index is -3.07. The zero-order valence-electron chi connectivity index (χ0n) is 12.5. The first-order chi connectivity index (χ1) is 9.87. The summed E-state index contributed by atoms with van der Waals surface area (Å²) in [5, 5.41) is 0. The van der Waals surface area contributed by atoms with Crippen LogP contribution in [-0.2, 0) is 15.5 Å². The number of aryl methyl sites for hydroxylation is 1. The summed E-state index contributed by atoms with van der Waals surface area (Å²) in [6.45, 7) is 3.44. The van der Waals surface area contributed by atoms with Crippen LogP contribution in [0.2, 0.25) is 0 Å². The summed E-state index contributed by atoms with van der Waals surface area (Å²) in [6.07, 6.45) is 1.37. The number of benzene rings is 1. The maximum Gasteiger partial charge on any atom is 0.307 e. The van der Waals surface area contributed by atoms with Gasteiger partial charge in [-0.15, -0.1) is 0 Å². The monoisotopic (exact) mass is 314 g/mol. The van der Waals surface area contributed by atoms with E-state index in [9.17, 15) is 13.0 Å². The van der Waals surface area contributed by atoms with Crippen molar-refractivity contribution in [2.75, 3.05) is 7.11 Å². The molecule has 2 atom stereocenters. The third-order valence-corrected chi connectivity index (χ3v) is 5.42. The van der Waals surface area contributed by atoms with Gasteiger partial charge in [0.05, 0.1) is 22.8 Å². The Morgan fingerprint density at radius 1 is 1.29 bits per heavy atom. The van der Waals surface area contributed by atoms with E-state index in [2.05, 4.69) is 0 Å². The van der Waals surface area contributed by atoms with Crippen molar-refractivity contribution >= 4 is 10.8 Å². The van der Waals surface area contributed by atoms with Crippen molar-refractivity contribution in [1.82, 2.24) is 0 Å². The largest absolute Gasteiger partial charge is 0.494 e. The van der Waals surface area contributed by atoms with Crippen LogP contribution in [0.4, 0.5) is 8.78 Å². The van der Waals surface area contributed by atoms with Crippen LogP contribution < -0.4 is 0 Å². The van der Waals surface area contributed by atoms with E-state index in [0.29, 0.717) is 24.2 Å². The summed E-state index contributed by atoms with van der Waals surface area (Å²) in [4.78, 5) is 0.756. The van der Waals surface area contributed by atoms with Gasteiger partial charge < -0.3 is 4.74 Å². The molecular formula is C16H20F2O2S. The number of allylic oxidation sites excluding steroid dienone is 2. The molecule has 0 saturated heterocycles. The van der Waals surface area contributed by atoms with Gasteiger partial charge in [0, 0.05) is 10.8 Å². The van der Waals surface area contributed by atoms with Crippen molar-refractivity contribution in [2.24, 2.45) is 5.92 Å². The molecule has 0 radical (unpaired) electrons. The molecule has 0 aliphatic heterocycles. The first kappa shape index (κ1) is 16.1. The van der Waals surface area contributed by atoms with Gasteiger partial charge in [-0.25, -0.2) is 4.21 Å². The van der Waals surface area contributed by atoms with E-state index < -0.39 is 28.4 Å². The zero-order chi connectivity index (χ0) is 15.6. The molecule has 0 saturated carbocycles. The number of ether oxygens (including phenoxy) is 1. The lowest BCUT2D eigenvalue weighted by Gasteiger charge is -2.24. The molecule has 1 aromatic rings. The first-order valence-corrected chi connectivity index (χ1v) is 8.16. The highest BCUT2D eigenvalue weighted by molar-refractivity contribution is 7.89. The lowest BCUT2D eigenvalue weighted by molar-refractivity contribution is -0.0569. The molecule has 1 aromatic carbocycles. The second kappa shape index (κ2) is 6.26. The summed E-state index contributed by atoms with van der Waals surface area (Å²) in [6, 6.07) is 7.10. The second-order valence-corrected chi connectivity index (χ2v) is 6.96. The lowest BCUT2D eigenvalue weighted by atomic mass is 9.99. The Bertz CT molecular complexity index is 564. The standard InChI is InChI=1S/C16H20F2O2S/c1-11-7-9-13(10-8-11)21(19)14-6-4-5-12(2)16(17,18)15(14)20-3/h7-10,12H,4-6H2,1-3H3/t12-,21?/m0/s1. The Kier molecular flexibility index (Phi) is 4.81. The third kappa shape index (κ3) is 3.18. The number of hydrogen-bond acceptors (Lipinski definition) is 2. The first-order valence-electron chi connectivity index (χ1n) is 7.01. The van der Waals surface area contributed by atoms with Crippen LogP contribution in [0.15, 0.2) is 39.8 Å². The van der Waals surface area contributed by atoms with Gasteiger partial charge in [-0.2, -0.15) is 8.78 Å². The molecule has 0 fully saturated rings. The minimum Gasteiger partial charge on any atom is -0.494 e. The van der Waals surface area contributed by atoms with Crippen molar-refractivity contribution in [1.29, 1.82) is 0 Å². The Labute approximate surface area is 126 Å². The lowest BCUT2D eigenvalue weighted by Crippen LogP contribution is -2.29. The highest BCUT2D eigenvalue weighted by Gasteiger charge is 2.46. The highest BCUT2D eigenvalue weighted by Crippen LogP contribution is 2.42. The molecule has 0 spiro atoms. The van der Waals surface area contributed by atoms with E-state index >= 15 is 0 Å². The van der Waals surface area contributed by atoms with Crippen LogP contribution >= 0.6 is 0 Å². The topological polar surface area (TPSA) is 26.3 Å². The molecular weight excluding hydrogens is 294 g/mol. The average molecular weight is 314 g/mol. The summed E-state index contributed by atoms with van der Waals surface area (Å²) < 4.78 is 46.4. The molecule has 0 N–H and O–H groups in total. The molecule has 2 rings (SSSR count). The quantitative estimate of drug-likeness (QED) is 0.826. The van der Waals surface area contributed by atoms with Crippen LogP contribution in [-0.4, -0.2) is 17.2 Å². The molecule has 0 bridgehead atoms. The fourth-order valence-corrected chi connectivity index (χ4v) is 3.89. The van der Waals surface area contributed by atoms with Crippen molar-refractivity contribution in [3.8, 4) is 0 Å². The molecule has 1 unspecified atom stereocenters. The molecule has 5 heteroatoms. The maximum absolute atomic E-state index is 14.4. The number of methoxy groups -OCH3 is 1. The van der Waals surface area contributed by atoms with E-state index in [1.165, 1.54) is 14.0 Å². The minimum absolute atomic E-state index is 0.218. The Morgan fingerprint density at radius 3 is 2.48 bits per heavy atom. The Balaban J connectivity index is 2.47. The van der Waals surface area contributed by atoms with Crippen LogP contribution in [0, 0.1) is 12.8 Å². The summed E-state index contributed by atoms with van der Waals surface area (Å²) in [5.41, 5.74) is 1.04. The number of rotatable bonds is 3. The van der Waals surface area contributed by atoms with Gasteiger partial charge >= 0.3 is 5.92 Å². The maximum atomic E-state index is 14.4. The van der Waals surface area contributed by atoms with Crippen LogP contribution in [0.5, 0.6) is 0 Å². The fourth-order valence-electron chi connectivity index (χ4n) is 2.50. The van der Waals surface area contributed by atoms with E-state index in [0.717, 1.165) is 5.56 Å². The molecule has 0 heterocycles. The highest BCUT2D eigenvalue weighted by atomic mass is 32.2. The second-order valence-electron chi connectivity index (χ2n) is 5.45. The predicted octanol–water partition coefficient (Wildman–Crippen LogP) is 4.42. The Hall–Kier alpha value is -1.23. The van der Waals surface area contributed by atoms with Crippen LogP contribution in [0.25, 0.3) is 0 Å². The summed E-state index contributed by atoms with van der Waals surface area (Å²) >= 11 is 0. The van der Waals surface area contributed by atoms with Crippen LogP contribution in [0.1, 0.15) is 31.7 Å². The van der Waals surface area contributed by atoms with Gasteiger partial charge in [0.2, 0.25) is 0 Å². The van der Waals surface area contributed by atoms with Gasteiger partial charge in [0.1, 0.15) is 0 Å². The van der Waals surface area contributed by atoms with Crippen molar-refractivity contribution in [3.05, 3.63) is 40.5 Å². The summed E-state index contributed by atoms with van der Waals surface area (Å²) in [7, 11) is -0.376. The Morgan fingerprint density at radius 2 is 1.90 bits per heavy atom. The SMILES string of the molecule is COC1=C(S(=O)c2ccc(C)cc2)CCC[C@H](C)C1(F)F. The fraction of sp³-hybridized carbons (Fsp3) is 0.500. The number of alkyl halides is 2. The molecule has 0 amide bonds. The number of hydrogen-bond donors (Lipinski definition) is 0. The van der Waals surface area contributed by atoms with Gasteiger partial charge in [-0.3, -0.25) is 0 Å². The summed E-state index contributed by atoms with van der Waals surface area (Å²) in [5.74, 6) is -4.28. The molecule has 21 heavy (non-hydrogen) atoms. The molecule has 2 nitrogen and oxygen atoms in total. The third-order valence-electron chi connectivity index (χ3n) is 3.88. The van der Waals surface area contributed by atoms with Crippen molar-refractivity contribution < 1.29 is 17.7 Å². The predicted molar refractivity (Wildman–Crippen MR) is 79.6 cm³/mol. The van der Waals surface area contributed by atoms with E-state index in [1.54, 1.807) is 12.1 Å².